The highest BCUT2D eigenvalue weighted by molar-refractivity contribution is 5.95. The number of tetrazole rings is 1. The van der Waals surface area contributed by atoms with Gasteiger partial charge in [0.05, 0.1) is 12.1 Å². The van der Waals surface area contributed by atoms with Gasteiger partial charge in [-0.1, -0.05) is 31.2 Å². The number of pyridine rings is 1. The lowest BCUT2D eigenvalue weighted by atomic mass is 9.99. The van der Waals surface area contributed by atoms with E-state index in [1.807, 2.05) is 25.1 Å². The van der Waals surface area contributed by atoms with Crippen LogP contribution in [0.15, 0.2) is 48.5 Å². The maximum atomic E-state index is 13.3. The Hall–Kier alpha value is -3.70. The first-order valence-electron chi connectivity index (χ1n) is 9.50. The summed E-state index contributed by atoms with van der Waals surface area (Å²) in [5.74, 6) is -0.0454. The topological polar surface area (TPSA) is 101 Å². The second-order valence-electron chi connectivity index (χ2n) is 7.30. The molecule has 1 N–H and O–H groups in total. The average Bonchev–Trinajstić information content (AvgIpc) is 3.22. The number of aromatic nitrogens is 5. The first-order valence-corrected chi connectivity index (χ1v) is 9.50. The fourth-order valence-corrected chi connectivity index (χ4v) is 3.15. The molecule has 1 unspecified atom stereocenters. The van der Waals surface area contributed by atoms with Crippen LogP contribution in [0.5, 0.6) is 0 Å². The lowest BCUT2D eigenvalue weighted by Gasteiger charge is -2.15. The van der Waals surface area contributed by atoms with Crippen LogP contribution >= 0.6 is 0 Å². The van der Waals surface area contributed by atoms with Crippen molar-refractivity contribution in [3.05, 3.63) is 71.4 Å². The molecule has 0 spiro atoms. The van der Waals surface area contributed by atoms with Crippen molar-refractivity contribution in [2.75, 3.05) is 0 Å². The zero-order valence-corrected chi connectivity index (χ0v) is 16.5. The molecule has 0 fully saturated rings. The maximum Gasteiger partial charge on any atom is 0.205 e. The number of rotatable bonds is 5. The van der Waals surface area contributed by atoms with Crippen molar-refractivity contribution in [1.29, 1.82) is 5.26 Å². The molecule has 4 aromatic rings. The number of nitrogens with zero attached hydrogens (tertiary/aromatic N) is 6. The molecule has 2 aromatic heterocycles. The average molecular weight is 402 g/mol. The number of nitriles is 1. The number of aliphatic hydroxyl groups is 1. The lowest BCUT2D eigenvalue weighted by molar-refractivity contribution is 0.0433. The third kappa shape index (κ3) is 3.75. The van der Waals surface area contributed by atoms with E-state index >= 15 is 0 Å². The summed E-state index contributed by atoms with van der Waals surface area (Å²) in [6.07, 6.45) is 0.474. The van der Waals surface area contributed by atoms with Gasteiger partial charge < -0.3 is 5.11 Å². The van der Waals surface area contributed by atoms with Gasteiger partial charge in [0.15, 0.2) is 0 Å². The Morgan fingerprint density at radius 1 is 1.17 bits per heavy atom. The molecular formula is C22H19FN6O. The highest BCUT2D eigenvalue weighted by atomic mass is 19.1. The van der Waals surface area contributed by atoms with Gasteiger partial charge in [0, 0.05) is 5.39 Å². The highest BCUT2D eigenvalue weighted by Crippen LogP contribution is 2.29. The predicted octanol–water partition coefficient (Wildman–Crippen LogP) is 3.56. The summed E-state index contributed by atoms with van der Waals surface area (Å²) < 4.78 is 13.3. The third-order valence-electron chi connectivity index (χ3n) is 5.09. The van der Waals surface area contributed by atoms with Gasteiger partial charge in [0.25, 0.3) is 0 Å². The van der Waals surface area contributed by atoms with Gasteiger partial charge in [0.2, 0.25) is 5.82 Å². The molecule has 30 heavy (non-hydrogen) atoms. The largest absolute Gasteiger partial charge is 0.382 e. The van der Waals surface area contributed by atoms with Crippen molar-refractivity contribution in [3.8, 4) is 17.2 Å². The monoisotopic (exact) mass is 402 g/mol. The Morgan fingerprint density at radius 2 is 1.93 bits per heavy atom. The van der Waals surface area contributed by atoms with Crippen LogP contribution < -0.4 is 0 Å². The minimum Gasteiger partial charge on any atom is -0.382 e. The smallest absolute Gasteiger partial charge is 0.205 e. The summed E-state index contributed by atoms with van der Waals surface area (Å²) in [6.45, 7) is 3.84. The summed E-state index contributed by atoms with van der Waals surface area (Å²) in [5, 5.41) is 32.8. The standard InChI is InChI=1S/C22H19FN6O/c1-3-22(2,30)21-26-28-29(27-21)13-14-4-9-18-19(15-5-7-16(23)8-6-15)11-17(12-24)25-20(18)10-14/h4-11,30H,3,13H2,1-2H3. The van der Waals surface area contributed by atoms with E-state index in [0.717, 1.165) is 22.1 Å². The fraction of sp³-hybridized carbons (Fsp3) is 0.227. The second kappa shape index (κ2) is 7.61. The zero-order chi connectivity index (χ0) is 21.3. The van der Waals surface area contributed by atoms with Crippen LogP contribution in [0.4, 0.5) is 4.39 Å². The molecule has 2 heterocycles. The molecule has 0 aliphatic carbocycles. The van der Waals surface area contributed by atoms with Crippen LogP contribution in [0, 0.1) is 17.1 Å². The van der Waals surface area contributed by atoms with E-state index in [2.05, 4.69) is 26.5 Å². The molecule has 0 amide bonds. The van der Waals surface area contributed by atoms with Crippen LogP contribution in [0.25, 0.3) is 22.0 Å². The van der Waals surface area contributed by atoms with Gasteiger partial charge in [-0.2, -0.15) is 10.1 Å². The van der Waals surface area contributed by atoms with Crippen molar-refractivity contribution in [1.82, 2.24) is 25.2 Å². The first-order chi connectivity index (χ1) is 14.4. The first kappa shape index (κ1) is 19.6. The quantitative estimate of drug-likeness (QED) is 0.548. The minimum absolute atomic E-state index is 0.272. The second-order valence-corrected chi connectivity index (χ2v) is 7.30. The van der Waals surface area contributed by atoms with Gasteiger partial charge in [-0.15, -0.1) is 10.2 Å². The van der Waals surface area contributed by atoms with Gasteiger partial charge in [-0.25, -0.2) is 9.37 Å². The molecule has 0 radical (unpaired) electrons. The number of halogens is 1. The van der Waals surface area contributed by atoms with Crippen LogP contribution in [-0.2, 0) is 12.1 Å². The van der Waals surface area contributed by atoms with E-state index in [-0.39, 0.29) is 17.3 Å². The van der Waals surface area contributed by atoms with E-state index in [1.165, 1.54) is 16.9 Å². The Bertz CT molecular complexity index is 1260. The Morgan fingerprint density at radius 3 is 2.63 bits per heavy atom. The van der Waals surface area contributed by atoms with E-state index in [9.17, 15) is 14.8 Å². The Labute approximate surface area is 172 Å². The molecule has 7 nitrogen and oxygen atoms in total. The predicted molar refractivity (Wildman–Crippen MR) is 109 cm³/mol. The fourth-order valence-electron chi connectivity index (χ4n) is 3.15. The van der Waals surface area contributed by atoms with Gasteiger partial charge in [0.1, 0.15) is 23.2 Å². The molecule has 4 rings (SSSR count). The van der Waals surface area contributed by atoms with Crippen LogP contribution in [0.2, 0.25) is 0 Å². The highest BCUT2D eigenvalue weighted by Gasteiger charge is 2.26. The van der Waals surface area contributed by atoms with E-state index < -0.39 is 5.60 Å². The molecule has 0 saturated carbocycles. The van der Waals surface area contributed by atoms with Crippen molar-refractivity contribution < 1.29 is 9.50 Å². The van der Waals surface area contributed by atoms with Gasteiger partial charge >= 0.3 is 0 Å². The number of fused-ring (bicyclic) bond motifs is 1. The summed E-state index contributed by atoms with van der Waals surface area (Å²) in [6, 6.07) is 15.6. The molecule has 1 atom stereocenters. The van der Waals surface area contributed by atoms with E-state index in [1.54, 1.807) is 25.1 Å². The number of benzene rings is 2. The van der Waals surface area contributed by atoms with Crippen molar-refractivity contribution >= 4 is 10.9 Å². The van der Waals surface area contributed by atoms with Gasteiger partial charge in [-0.3, -0.25) is 0 Å². The van der Waals surface area contributed by atoms with Crippen LogP contribution in [-0.4, -0.2) is 30.3 Å². The van der Waals surface area contributed by atoms with Gasteiger partial charge in [-0.05, 0) is 59.5 Å². The summed E-state index contributed by atoms with van der Waals surface area (Å²) in [7, 11) is 0. The van der Waals surface area contributed by atoms with E-state index in [0.29, 0.717) is 18.5 Å². The normalized spacial score (nSPS) is 13.2. The van der Waals surface area contributed by atoms with Crippen molar-refractivity contribution in [2.24, 2.45) is 0 Å². The molecule has 0 aliphatic heterocycles. The summed E-state index contributed by atoms with van der Waals surface area (Å²) in [4.78, 5) is 5.83. The van der Waals surface area contributed by atoms with E-state index in [4.69, 9.17) is 0 Å². The molecular weight excluding hydrogens is 383 g/mol. The summed E-state index contributed by atoms with van der Waals surface area (Å²) >= 11 is 0. The van der Waals surface area contributed by atoms with Crippen LogP contribution in [0.1, 0.15) is 37.4 Å². The van der Waals surface area contributed by atoms with Crippen molar-refractivity contribution in [3.63, 3.8) is 0 Å². The molecule has 8 heteroatoms. The SMILES string of the molecule is CCC(C)(O)c1nnn(Cc2ccc3c(-c4ccc(F)cc4)cc(C#N)nc3c2)n1. The Kier molecular flexibility index (Phi) is 4.98. The zero-order valence-electron chi connectivity index (χ0n) is 16.5. The molecule has 0 aliphatic rings. The third-order valence-corrected chi connectivity index (χ3v) is 5.09. The molecule has 0 saturated heterocycles. The number of hydrogen-bond acceptors (Lipinski definition) is 6. The van der Waals surface area contributed by atoms with Crippen LogP contribution in [0.3, 0.4) is 0 Å². The molecule has 150 valence electrons. The molecule has 2 aromatic carbocycles. The van der Waals surface area contributed by atoms with Crippen molar-refractivity contribution in [2.45, 2.75) is 32.4 Å². The minimum atomic E-state index is -1.13. The maximum absolute atomic E-state index is 13.3. The lowest BCUT2D eigenvalue weighted by Crippen LogP contribution is -2.22. The molecule has 0 bridgehead atoms. The number of hydrogen-bond donors (Lipinski definition) is 1. The Balaban J connectivity index is 1.72. The summed E-state index contributed by atoms with van der Waals surface area (Å²) in [5.41, 5.74) is 2.27.